The van der Waals surface area contributed by atoms with Crippen molar-refractivity contribution < 1.29 is 14.3 Å². The first kappa shape index (κ1) is 20.2. The summed E-state index contributed by atoms with van der Waals surface area (Å²) in [5, 5.41) is 14.1. The standard InChI is InChI=1S/C18H24N6O3S/c1-13-3-5-14(6-4-13)24-17(23-8-10-27-11-9-23)21-22-18(24)28-12-7-15(25)20-16(26)19-2/h3-6H,7-12H2,1-2H3,(H2,19,20,25,26). The van der Waals surface area contributed by atoms with Crippen LogP contribution in [0.1, 0.15) is 12.0 Å². The number of ether oxygens (including phenoxy) is 1. The van der Waals surface area contributed by atoms with Crippen LogP contribution in [0, 0.1) is 6.92 Å². The van der Waals surface area contributed by atoms with Gasteiger partial charge in [0.2, 0.25) is 11.9 Å². The summed E-state index contributed by atoms with van der Waals surface area (Å²) in [6, 6.07) is 7.65. The average Bonchev–Trinajstić information content (AvgIpc) is 3.13. The molecule has 1 aromatic carbocycles. The molecule has 0 spiro atoms. The van der Waals surface area contributed by atoms with Gasteiger partial charge in [0.15, 0.2) is 5.16 Å². The molecule has 2 aromatic rings. The fourth-order valence-corrected chi connectivity index (χ4v) is 3.62. The predicted octanol–water partition coefficient (Wildman–Crippen LogP) is 1.35. The largest absolute Gasteiger partial charge is 0.378 e. The molecule has 3 rings (SSSR count). The van der Waals surface area contributed by atoms with Crippen LogP contribution in [0.2, 0.25) is 0 Å². The number of nitrogens with zero attached hydrogens (tertiary/aromatic N) is 4. The van der Waals surface area contributed by atoms with Gasteiger partial charge in [-0.25, -0.2) is 4.79 Å². The smallest absolute Gasteiger partial charge is 0.321 e. The Labute approximate surface area is 167 Å². The van der Waals surface area contributed by atoms with E-state index in [1.807, 2.05) is 35.8 Å². The maximum atomic E-state index is 11.8. The Bertz CT molecular complexity index is 817. The highest BCUT2D eigenvalue weighted by atomic mass is 32.2. The van der Waals surface area contributed by atoms with E-state index in [4.69, 9.17) is 4.74 Å². The number of rotatable bonds is 6. The first-order chi connectivity index (χ1) is 13.6. The van der Waals surface area contributed by atoms with Crippen molar-refractivity contribution >= 4 is 29.6 Å². The fraction of sp³-hybridized carbons (Fsp3) is 0.444. The zero-order chi connectivity index (χ0) is 19.9. The maximum absolute atomic E-state index is 11.8. The Morgan fingerprint density at radius 1 is 1.18 bits per heavy atom. The second-order valence-corrected chi connectivity index (χ2v) is 7.34. The van der Waals surface area contributed by atoms with Crippen LogP contribution in [0.5, 0.6) is 0 Å². The quantitative estimate of drug-likeness (QED) is 0.701. The van der Waals surface area contributed by atoms with Crippen molar-refractivity contribution in [2.24, 2.45) is 0 Å². The molecule has 2 heterocycles. The van der Waals surface area contributed by atoms with Gasteiger partial charge in [0, 0.05) is 32.3 Å². The van der Waals surface area contributed by atoms with Gasteiger partial charge in [-0.3, -0.25) is 14.7 Å². The molecule has 150 valence electrons. The van der Waals surface area contributed by atoms with Crippen LogP contribution >= 0.6 is 11.8 Å². The first-order valence-electron chi connectivity index (χ1n) is 9.08. The Hall–Kier alpha value is -2.59. The third-order valence-electron chi connectivity index (χ3n) is 4.24. The minimum absolute atomic E-state index is 0.200. The monoisotopic (exact) mass is 404 g/mol. The molecule has 0 bridgehead atoms. The van der Waals surface area contributed by atoms with Gasteiger partial charge in [0.25, 0.3) is 0 Å². The molecule has 1 aliphatic rings. The molecule has 1 aromatic heterocycles. The summed E-state index contributed by atoms with van der Waals surface area (Å²) >= 11 is 1.43. The SMILES string of the molecule is CNC(=O)NC(=O)CCSc1nnc(N2CCOCC2)n1-c1ccc(C)cc1. The number of morpholine rings is 1. The molecule has 0 aliphatic carbocycles. The van der Waals surface area contributed by atoms with Crippen molar-refractivity contribution in [1.82, 2.24) is 25.4 Å². The number of anilines is 1. The number of benzene rings is 1. The summed E-state index contributed by atoms with van der Waals surface area (Å²) in [4.78, 5) is 25.2. The molecule has 3 amide bonds. The van der Waals surface area contributed by atoms with E-state index in [0.717, 1.165) is 24.7 Å². The van der Waals surface area contributed by atoms with E-state index in [2.05, 4.69) is 25.7 Å². The third kappa shape index (κ3) is 5.02. The summed E-state index contributed by atoms with van der Waals surface area (Å²) in [6.45, 7) is 4.86. The van der Waals surface area contributed by atoms with Gasteiger partial charge in [-0.2, -0.15) is 0 Å². The number of hydrogen-bond donors (Lipinski definition) is 2. The molecule has 10 heteroatoms. The van der Waals surface area contributed by atoms with E-state index < -0.39 is 6.03 Å². The lowest BCUT2D eigenvalue weighted by molar-refractivity contribution is -0.119. The summed E-state index contributed by atoms with van der Waals surface area (Å²) < 4.78 is 7.45. The Morgan fingerprint density at radius 3 is 2.57 bits per heavy atom. The zero-order valence-corrected chi connectivity index (χ0v) is 16.8. The van der Waals surface area contributed by atoms with Gasteiger partial charge in [0.1, 0.15) is 0 Å². The number of hydrogen-bond acceptors (Lipinski definition) is 7. The molecule has 1 fully saturated rings. The minimum atomic E-state index is -0.507. The second kappa shape index (κ2) is 9.56. The van der Waals surface area contributed by atoms with Gasteiger partial charge in [0.05, 0.1) is 18.9 Å². The Morgan fingerprint density at radius 2 is 1.89 bits per heavy atom. The number of amides is 3. The lowest BCUT2D eigenvalue weighted by Crippen LogP contribution is -2.38. The lowest BCUT2D eigenvalue weighted by Gasteiger charge is -2.28. The molecular formula is C18H24N6O3S. The maximum Gasteiger partial charge on any atom is 0.321 e. The number of carbonyl (C=O) groups excluding carboxylic acids is 2. The van der Waals surface area contributed by atoms with Gasteiger partial charge in [-0.15, -0.1) is 10.2 Å². The Balaban J connectivity index is 1.76. The number of urea groups is 1. The highest BCUT2D eigenvalue weighted by molar-refractivity contribution is 7.99. The number of thioether (sulfide) groups is 1. The number of carbonyl (C=O) groups is 2. The molecule has 9 nitrogen and oxygen atoms in total. The topological polar surface area (TPSA) is 101 Å². The average molecular weight is 404 g/mol. The molecular weight excluding hydrogens is 380 g/mol. The Kier molecular flexibility index (Phi) is 6.88. The van der Waals surface area contributed by atoms with Crippen LogP contribution in [0.3, 0.4) is 0 Å². The van der Waals surface area contributed by atoms with Crippen LogP contribution in [0.15, 0.2) is 29.4 Å². The molecule has 0 atom stereocenters. The molecule has 0 radical (unpaired) electrons. The number of imide groups is 1. The summed E-state index contributed by atoms with van der Waals surface area (Å²) in [5.74, 6) is 0.918. The molecule has 1 saturated heterocycles. The second-order valence-electron chi connectivity index (χ2n) is 6.28. The van der Waals surface area contributed by atoms with Gasteiger partial charge in [-0.05, 0) is 19.1 Å². The van der Waals surface area contributed by atoms with E-state index in [1.54, 1.807) is 0 Å². The van der Waals surface area contributed by atoms with Crippen LogP contribution in [0.4, 0.5) is 10.7 Å². The minimum Gasteiger partial charge on any atom is -0.378 e. The summed E-state index contributed by atoms with van der Waals surface area (Å²) in [6.07, 6.45) is 0.200. The van der Waals surface area contributed by atoms with Crippen LogP contribution < -0.4 is 15.5 Å². The van der Waals surface area contributed by atoms with Crippen LogP contribution in [0.25, 0.3) is 5.69 Å². The summed E-state index contributed by atoms with van der Waals surface area (Å²) in [7, 11) is 1.47. The highest BCUT2D eigenvalue weighted by Gasteiger charge is 2.22. The number of nitrogens with one attached hydrogen (secondary N) is 2. The van der Waals surface area contributed by atoms with Gasteiger partial charge >= 0.3 is 6.03 Å². The van der Waals surface area contributed by atoms with Crippen molar-refractivity contribution in [3.63, 3.8) is 0 Å². The summed E-state index contributed by atoms with van der Waals surface area (Å²) in [5.41, 5.74) is 2.14. The van der Waals surface area contributed by atoms with Crippen molar-refractivity contribution in [2.45, 2.75) is 18.5 Å². The molecule has 2 N–H and O–H groups in total. The number of aromatic nitrogens is 3. The third-order valence-corrected chi connectivity index (χ3v) is 5.17. The number of aryl methyl sites for hydroxylation is 1. The first-order valence-corrected chi connectivity index (χ1v) is 10.1. The molecule has 28 heavy (non-hydrogen) atoms. The van der Waals surface area contributed by atoms with E-state index in [1.165, 1.54) is 24.4 Å². The lowest BCUT2D eigenvalue weighted by atomic mass is 10.2. The van der Waals surface area contributed by atoms with Gasteiger partial charge in [-0.1, -0.05) is 29.5 Å². The van der Waals surface area contributed by atoms with E-state index in [-0.39, 0.29) is 12.3 Å². The highest BCUT2D eigenvalue weighted by Crippen LogP contribution is 2.27. The van der Waals surface area contributed by atoms with Crippen LogP contribution in [-0.2, 0) is 9.53 Å². The van der Waals surface area contributed by atoms with Crippen molar-refractivity contribution in [2.75, 3.05) is 44.0 Å². The zero-order valence-electron chi connectivity index (χ0n) is 16.0. The molecule has 0 saturated carbocycles. The molecule has 0 unspecified atom stereocenters. The van der Waals surface area contributed by atoms with Crippen molar-refractivity contribution in [3.05, 3.63) is 29.8 Å². The van der Waals surface area contributed by atoms with Crippen molar-refractivity contribution in [3.8, 4) is 5.69 Å². The van der Waals surface area contributed by atoms with Crippen LogP contribution in [-0.4, -0.2) is 65.8 Å². The predicted molar refractivity (Wildman–Crippen MR) is 107 cm³/mol. The normalized spacial score (nSPS) is 14.0. The fourth-order valence-electron chi connectivity index (χ4n) is 2.73. The van der Waals surface area contributed by atoms with E-state index in [9.17, 15) is 9.59 Å². The van der Waals surface area contributed by atoms with Gasteiger partial charge < -0.3 is 15.0 Å². The van der Waals surface area contributed by atoms with E-state index >= 15 is 0 Å². The van der Waals surface area contributed by atoms with Crippen molar-refractivity contribution in [1.29, 1.82) is 0 Å². The van der Waals surface area contributed by atoms with E-state index in [0.29, 0.717) is 24.1 Å². The molecule has 1 aliphatic heterocycles.